The summed E-state index contributed by atoms with van der Waals surface area (Å²) < 4.78 is 20.3. The Morgan fingerprint density at radius 2 is 1.73 bits per heavy atom. The van der Waals surface area contributed by atoms with Crippen molar-refractivity contribution >= 4 is 39.1 Å². The quantitative estimate of drug-likeness (QED) is 0.480. The van der Waals surface area contributed by atoms with Gasteiger partial charge in [0.25, 0.3) is 5.91 Å². The van der Waals surface area contributed by atoms with Crippen LogP contribution in [0.2, 0.25) is 0 Å². The molecule has 2 aromatic carbocycles. The zero-order valence-electron chi connectivity index (χ0n) is 16.1. The maximum atomic E-state index is 13.9. The van der Waals surface area contributed by atoms with E-state index in [9.17, 15) is 14.0 Å². The summed E-state index contributed by atoms with van der Waals surface area (Å²) in [5.41, 5.74) is 0.808. The Balaban J connectivity index is 1.66. The van der Waals surface area contributed by atoms with Crippen LogP contribution < -0.4 is 15.4 Å². The van der Waals surface area contributed by atoms with E-state index in [1.807, 2.05) is 30.3 Å². The van der Waals surface area contributed by atoms with Crippen LogP contribution in [-0.4, -0.2) is 24.5 Å². The average Bonchev–Trinajstić information content (AvgIpc) is 3.19. The van der Waals surface area contributed by atoms with Crippen molar-refractivity contribution < 1.29 is 18.7 Å². The molecule has 0 aliphatic carbocycles. The van der Waals surface area contributed by atoms with E-state index in [0.29, 0.717) is 4.88 Å². The molecule has 2 amide bonds. The first kappa shape index (κ1) is 22.0. The van der Waals surface area contributed by atoms with E-state index in [0.717, 1.165) is 9.35 Å². The molecule has 2 N–H and O–H groups in total. The van der Waals surface area contributed by atoms with Crippen molar-refractivity contribution in [2.24, 2.45) is 0 Å². The predicted octanol–water partition coefficient (Wildman–Crippen LogP) is 4.70. The molecule has 0 saturated carbocycles. The molecular formula is C22H20BrFN2O3S. The molecule has 5 nitrogen and oxygen atoms in total. The Labute approximate surface area is 186 Å². The Kier molecular flexibility index (Phi) is 7.59. The predicted molar refractivity (Wildman–Crippen MR) is 118 cm³/mol. The molecule has 0 fully saturated rings. The second-order valence-corrected chi connectivity index (χ2v) is 8.98. The molecule has 0 aliphatic rings. The van der Waals surface area contributed by atoms with E-state index < -0.39 is 17.9 Å². The van der Waals surface area contributed by atoms with Gasteiger partial charge in [0.1, 0.15) is 12.6 Å². The van der Waals surface area contributed by atoms with Crippen LogP contribution in [0.15, 0.2) is 70.5 Å². The lowest BCUT2D eigenvalue weighted by Gasteiger charge is -2.22. The number of rotatable bonds is 8. The highest BCUT2D eigenvalue weighted by atomic mass is 79.9. The summed E-state index contributed by atoms with van der Waals surface area (Å²) >= 11 is 4.60. The van der Waals surface area contributed by atoms with E-state index in [-0.39, 0.29) is 24.2 Å². The van der Waals surface area contributed by atoms with E-state index in [1.165, 1.54) is 23.5 Å². The van der Waals surface area contributed by atoms with Crippen molar-refractivity contribution in [3.05, 3.63) is 86.8 Å². The SMILES string of the molecule is CC(NC(=O)c1ccc(Br)s1)C(=O)NC(COc1ccccc1F)c1ccccc1. The topological polar surface area (TPSA) is 67.4 Å². The van der Waals surface area contributed by atoms with Crippen molar-refractivity contribution in [1.82, 2.24) is 10.6 Å². The number of hydrogen-bond donors (Lipinski definition) is 2. The maximum absolute atomic E-state index is 13.9. The molecule has 8 heteroatoms. The second-order valence-electron chi connectivity index (χ2n) is 6.51. The molecule has 0 radical (unpaired) electrons. The smallest absolute Gasteiger partial charge is 0.262 e. The highest BCUT2D eigenvalue weighted by Crippen LogP contribution is 2.22. The fourth-order valence-electron chi connectivity index (χ4n) is 2.71. The lowest BCUT2D eigenvalue weighted by molar-refractivity contribution is -0.123. The summed E-state index contributed by atoms with van der Waals surface area (Å²) in [6.45, 7) is 1.64. The molecule has 30 heavy (non-hydrogen) atoms. The summed E-state index contributed by atoms with van der Waals surface area (Å²) in [5, 5.41) is 5.56. The molecule has 0 spiro atoms. The standard InChI is InChI=1S/C22H20BrFN2O3S/c1-14(25-22(28)19-11-12-20(23)30-19)21(27)26-17(15-7-3-2-4-8-15)13-29-18-10-6-5-9-16(18)24/h2-12,14,17H,13H2,1H3,(H,25,28)(H,26,27). The summed E-state index contributed by atoms with van der Waals surface area (Å²) in [5.74, 6) is -1.06. The average molecular weight is 491 g/mol. The molecule has 1 heterocycles. The zero-order valence-corrected chi connectivity index (χ0v) is 18.5. The number of nitrogens with one attached hydrogen (secondary N) is 2. The molecule has 0 bridgehead atoms. The molecule has 2 unspecified atom stereocenters. The summed E-state index contributed by atoms with van der Waals surface area (Å²) in [4.78, 5) is 25.5. The third-order valence-corrected chi connectivity index (χ3v) is 5.92. The van der Waals surface area contributed by atoms with Gasteiger partial charge in [-0.3, -0.25) is 9.59 Å². The summed E-state index contributed by atoms with van der Waals surface area (Å²) in [7, 11) is 0. The number of benzene rings is 2. The summed E-state index contributed by atoms with van der Waals surface area (Å²) in [6, 6.07) is 17.5. The maximum Gasteiger partial charge on any atom is 0.262 e. The van der Waals surface area contributed by atoms with Gasteiger partial charge in [0.15, 0.2) is 11.6 Å². The molecular weight excluding hydrogens is 471 g/mol. The monoisotopic (exact) mass is 490 g/mol. The number of carbonyl (C=O) groups is 2. The molecule has 3 rings (SSSR count). The van der Waals surface area contributed by atoms with Crippen molar-refractivity contribution in [2.45, 2.75) is 19.0 Å². The van der Waals surface area contributed by atoms with Gasteiger partial charge in [0.05, 0.1) is 14.7 Å². The van der Waals surface area contributed by atoms with E-state index in [2.05, 4.69) is 26.6 Å². The first-order chi connectivity index (χ1) is 14.4. The lowest BCUT2D eigenvalue weighted by atomic mass is 10.1. The number of hydrogen-bond acceptors (Lipinski definition) is 4. The minimum absolute atomic E-state index is 0.0369. The van der Waals surface area contributed by atoms with E-state index in [4.69, 9.17) is 4.74 Å². The number of ether oxygens (including phenoxy) is 1. The third kappa shape index (κ3) is 5.90. The van der Waals surface area contributed by atoms with Crippen LogP contribution in [0.1, 0.15) is 28.2 Å². The zero-order chi connectivity index (χ0) is 21.5. The molecule has 156 valence electrons. The van der Waals surface area contributed by atoms with Crippen LogP contribution in [0.3, 0.4) is 0 Å². The number of halogens is 2. The first-order valence-electron chi connectivity index (χ1n) is 9.23. The van der Waals surface area contributed by atoms with Crippen molar-refractivity contribution in [3.63, 3.8) is 0 Å². The molecule has 0 saturated heterocycles. The Bertz CT molecular complexity index is 1010. The Hall–Kier alpha value is -2.71. The molecule has 3 aromatic rings. The highest BCUT2D eigenvalue weighted by Gasteiger charge is 2.22. The number of carbonyl (C=O) groups excluding carboxylic acids is 2. The van der Waals surface area contributed by atoms with Crippen molar-refractivity contribution in [3.8, 4) is 5.75 Å². The van der Waals surface area contributed by atoms with Gasteiger partial charge < -0.3 is 15.4 Å². The van der Waals surface area contributed by atoms with Crippen LogP contribution in [-0.2, 0) is 4.79 Å². The first-order valence-corrected chi connectivity index (χ1v) is 10.8. The van der Waals surface area contributed by atoms with Crippen molar-refractivity contribution in [2.75, 3.05) is 6.61 Å². The van der Waals surface area contributed by atoms with Crippen LogP contribution in [0.25, 0.3) is 0 Å². The van der Waals surface area contributed by atoms with Gasteiger partial charge in [-0.15, -0.1) is 11.3 Å². The van der Waals surface area contributed by atoms with Crippen LogP contribution in [0.4, 0.5) is 4.39 Å². The lowest BCUT2D eigenvalue weighted by Crippen LogP contribution is -2.46. The van der Waals surface area contributed by atoms with Gasteiger partial charge in [-0.2, -0.15) is 0 Å². The number of para-hydroxylation sites is 1. The van der Waals surface area contributed by atoms with Crippen LogP contribution in [0, 0.1) is 5.82 Å². The van der Waals surface area contributed by atoms with E-state index >= 15 is 0 Å². The van der Waals surface area contributed by atoms with Gasteiger partial charge >= 0.3 is 0 Å². The highest BCUT2D eigenvalue weighted by molar-refractivity contribution is 9.11. The molecule has 0 aliphatic heterocycles. The van der Waals surface area contributed by atoms with Gasteiger partial charge in [-0.1, -0.05) is 42.5 Å². The third-order valence-electron chi connectivity index (χ3n) is 4.30. The van der Waals surface area contributed by atoms with Gasteiger partial charge in [-0.25, -0.2) is 4.39 Å². The Morgan fingerprint density at radius 1 is 1.03 bits per heavy atom. The Morgan fingerprint density at radius 3 is 2.40 bits per heavy atom. The van der Waals surface area contributed by atoms with E-state index in [1.54, 1.807) is 31.2 Å². The van der Waals surface area contributed by atoms with Gasteiger partial charge in [0, 0.05) is 0 Å². The fraction of sp³-hybridized carbons (Fsp3) is 0.182. The normalized spacial score (nSPS) is 12.6. The van der Waals surface area contributed by atoms with Crippen molar-refractivity contribution in [1.29, 1.82) is 0 Å². The van der Waals surface area contributed by atoms with Gasteiger partial charge in [-0.05, 0) is 52.7 Å². The molecule has 1 aromatic heterocycles. The minimum Gasteiger partial charge on any atom is -0.488 e. The number of amides is 2. The van der Waals surface area contributed by atoms with Crippen LogP contribution in [0.5, 0.6) is 5.75 Å². The van der Waals surface area contributed by atoms with Crippen LogP contribution >= 0.6 is 27.3 Å². The van der Waals surface area contributed by atoms with Gasteiger partial charge in [0.2, 0.25) is 5.91 Å². The second kappa shape index (κ2) is 10.4. The molecule has 2 atom stereocenters. The number of thiophene rings is 1. The largest absolute Gasteiger partial charge is 0.488 e. The fourth-order valence-corrected chi connectivity index (χ4v) is 4.00. The minimum atomic E-state index is -0.766. The summed E-state index contributed by atoms with van der Waals surface area (Å²) in [6.07, 6.45) is 0.